The van der Waals surface area contributed by atoms with Crippen LogP contribution in [-0.2, 0) is 11.8 Å². The van der Waals surface area contributed by atoms with Crippen molar-refractivity contribution in [2.24, 2.45) is 5.92 Å². The van der Waals surface area contributed by atoms with Crippen LogP contribution in [0.4, 0.5) is 0 Å². The van der Waals surface area contributed by atoms with E-state index in [-0.39, 0.29) is 34.6 Å². The van der Waals surface area contributed by atoms with Crippen LogP contribution in [0.3, 0.4) is 0 Å². The van der Waals surface area contributed by atoms with Crippen molar-refractivity contribution in [3.63, 3.8) is 0 Å². The maximum atomic E-state index is 10.6. The number of hydrogen-bond donors (Lipinski definition) is 3. The van der Waals surface area contributed by atoms with Gasteiger partial charge in [-0.2, -0.15) is 0 Å². The number of likely N-dealkylation sites (N-methyl/N-ethyl adjacent to an activating group) is 1. The number of hydrogen-bond acceptors (Lipinski definition) is 6. The van der Waals surface area contributed by atoms with Gasteiger partial charge in [-0.15, -0.1) is 0 Å². The van der Waals surface area contributed by atoms with Gasteiger partial charge < -0.3 is 29.7 Å². The summed E-state index contributed by atoms with van der Waals surface area (Å²) < 4.78 is 11.5. The number of aromatic hydroxyl groups is 2. The van der Waals surface area contributed by atoms with E-state index in [1.165, 1.54) is 7.11 Å². The van der Waals surface area contributed by atoms with Crippen molar-refractivity contribution in [1.82, 2.24) is 4.90 Å². The summed E-state index contributed by atoms with van der Waals surface area (Å²) in [6, 6.07) is 0.214. The Balaban J connectivity index is 1.87. The quantitative estimate of drug-likeness (QED) is 0.524. The average Bonchev–Trinajstić information content (AvgIpc) is 2.91. The minimum atomic E-state index is -0.711. The first-order chi connectivity index (χ1) is 11.5. The summed E-state index contributed by atoms with van der Waals surface area (Å²) in [4.78, 5) is 2.30. The van der Waals surface area contributed by atoms with E-state index in [9.17, 15) is 15.3 Å². The zero-order chi connectivity index (χ0) is 16.8. The molecule has 2 heterocycles. The van der Waals surface area contributed by atoms with Crippen LogP contribution in [0.5, 0.6) is 23.0 Å². The molecule has 3 N–H and O–H groups in total. The van der Waals surface area contributed by atoms with Crippen molar-refractivity contribution in [3.05, 3.63) is 23.3 Å². The number of phenols is 2. The second-order valence-corrected chi connectivity index (χ2v) is 7.40. The number of nitrogens with zero attached hydrogens (tertiary/aromatic N) is 1. The van der Waals surface area contributed by atoms with Gasteiger partial charge in [0.2, 0.25) is 11.5 Å². The van der Waals surface area contributed by atoms with Crippen LogP contribution >= 0.6 is 0 Å². The molecule has 0 saturated carbocycles. The number of piperidine rings is 1. The Bertz CT molecular complexity index is 775. The molecule has 5 rings (SSSR count). The minimum Gasteiger partial charge on any atom is -0.504 e. The van der Waals surface area contributed by atoms with Gasteiger partial charge in [0, 0.05) is 28.5 Å². The van der Waals surface area contributed by atoms with Crippen molar-refractivity contribution in [3.8, 4) is 23.0 Å². The summed E-state index contributed by atoms with van der Waals surface area (Å²) in [5.41, 5.74) is 1.30. The Morgan fingerprint density at radius 3 is 2.83 bits per heavy atom. The van der Waals surface area contributed by atoms with Gasteiger partial charge in [0.15, 0.2) is 11.5 Å². The SMILES string of the molecule is COc1c(O)c(O)c2c3c1O[C@H]1[C@@H](O)C=C[C@H]4[C@@H](C2)N(C)CC[C@@]341. The zero-order valence-electron chi connectivity index (χ0n) is 13.7. The lowest BCUT2D eigenvalue weighted by Gasteiger charge is -2.56. The highest BCUT2D eigenvalue weighted by atomic mass is 16.5. The van der Waals surface area contributed by atoms with Crippen LogP contribution in [0, 0.1) is 5.92 Å². The molecule has 1 saturated heterocycles. The van der Waals surface area contributed by atoms with Crippen LogP contribution in [-0.4, -0.2) is 59.2 Å². The maximum absolute atomic E-state index is 10.6. The molecule has 2 aliphatic carbocycles. The number of rotatable bonds is 1. The van der Waals surface area contributed by atoms with Crippen molar-refractivity contribution >= 4 is 0 Å². The van der Waals surface area contributed by atoms with Crippen LogP contribution in [0.2, 0.25) is 0 Å². The summed E-state index contributed by atoms with van der Waals surface area (Å²) in [7, 11) is 3.54. The second kappa shape index (κ2) is 4.37. The predicted octanol–water partition coefficient (Wildman–Crippen LogP) is 0.912. The van der Waals surface area contributed by atoms with Gasteiger partial charge in [0.05, 0.1) is 7.11 Å². The number of methoxy groups -OCH3 is 1. The molecular weight excluding hydrogens is 310 g/mol. The predicted molar refractivity (Wildman–Crippen MR) is 85.8 cm³/mol. The molecule has 4 aliphatic rings. The van der Waals surface area contributed by atoms with Gasteiger partial charge in [-0.25, -0.2) is 0 Å². The Hall–Kier alpha value is -1.92. The van der Waals surface area contributed by atoms with Crippen molar-refractivity contribution in [1.29, 1.82) is 0 Å². The average molecular weight is 331 g/mol. The van der Waals surface area contributed by atoms with Gasteiger partial charge in [0.1, 0.15) is 12.2 Å². The van der Waals surface area contributed by atoms with E-state index in [1.807, 2.05) is 6.08 Å². The molecule has 2 bridgehead atoms. The highest BCUT2D eigenvalue weighted by molar-refractivity contribution is 5.72. The highest BCUT2D eigenvalue weighted by Crippen LogP contribution is 2.66. The van der Waals surface area contributed by atoms with E-state index in [2.05, 4.69) is 18.0 Å². The Labute approximate surface area is 139 Å². The van der Waals surface area contributed by atoms with Crippen LogP contribution in [0.25, 0.3) is 0 Å². The Kier molecular flexibility index (Phi) is 2.63. The summed E-state index contributed by atoms with van der Waals surface area (Å²) in [5.74, 6) is 0.480. The van der Waals surface area contributed by atoms with Gasteiger partial charge in [-0.3, -0.25) is 0 Å². The first-order valence-electron chi connectivity index (χ1n) is 8.39. The molecule has 2 aliphatic heterocycles. The fourth-order valence-corrected chi connectivity index (χ4v) is 5.53. The third-order valence-corrected chi connectivity index (χ3v) is 6.58. The van der Waals surface area contributed by atoms with Gasteiger partial charge in [-0.05, 0) is 26.4 Å². The molecule has 5 atom stereocenters. The molecule has 1 aromatic carbocycles. The van der Waals surface area contributed by atoms with Gasteiger partial charge >= 0.3 is 0 Å². The monoisotopic (exact) mass is 331 g/mol. The second-order valence-electron chi connectivity index (χ2n) is 7.40. The topological polar surface area (TPSA) is 82.4 Å². The minimum absolute atomic E-state index is 0.114. The Morgan fingerprint density at radius 2 is 2.08 bits per heavy atom. The van der Waals surface area contributed by atoms with E-state index in [1.54, 1.807) is 0 Å². The molecule has 0 aromatic heterocycles. The summed E-state index contributed by atoms with van der Waals surface area (Å²) in [5, 5.41) is 31.5. The van der Waals surface area contributed by atoms with E-state index in [4.69, 9.17) is 9.47 Å². The number of likely N-dealkylation sites (tertiary alicyclic amines) is 1. The standard InChI is InChI=1S/C18H21NO5/c1-19-6-5-18-9-3-4-11(20)17(18)24-15-12(18)8(7-10(9)19)13(21)14(22)16(15)23-2/h3-4,9-11,17,20-22H,5-7H2,1-2H3/t9-,10+,11-,17-,18-/m0/s1. The number of phenolic OH excluding ortho intramolecular Hbond substituents is 2. The lowest BCUT2D eigenvalue weighted by atomic mass is 9.53. The molecular formula is C18H21NO5. The molecule has 1 aromatic rings. The smallest absolute Gasteiger partial charge is 0.207 e. The van der Waals surface area contributed by atoms with E-state index in [0.717, 1.165) is 24.1 Å². The number of aliphatic hydroxyl groups excluding tert-OH is 1. The summed E-state index contributed by atoms with van der Waals surface area (Å²) in [6.45, 7) is 0.907. The molecule has 0 amide bonds. The highest BCUT2D eigenvalue weighted by Gasteiger charge is 2.65. The van der Waals surface area contributed by atoms with E-state index >= 15 is 0 Å². The molecule has 6 nitrogen and oxygen atoms in total. The normalized spacial score (nSPS) is 38.6. The number of aliphatic hydroxyl groups is 1. The molecule has 1 fully saturated rings. The number of ether oxygens (including phenoxy) is 2. The fraction of sp³-hybridized carbons (Fsp3) is 0.556. The van der Waals surface area contributed by atoms with E-state index < -0.39 is 12.2 Å². The maximum Gasteiger partial charge on any atom is 0.207 e. The van der Waals surface area contributed by atoms with Gasteiger partial charge in [0.25, 0.3) is 0 Å². The molecule has 6 heteroatoms. The van der Waals surface area contributed by atoms with Crippen LogP contribution in [0.15, 0.2) is 12.2 Å². The molecule has 24 heavy (non-hydrogen) atoms. The third kappa shape index (κ3) is 1.37. The van der Waals surface area contributed by atoms with Crippen molar-refractivity contribution < 1.29 is 24.8 Å². The molecule has 1 spiro atoms. The lowest BCUT2D eigenvalue weighted by Crippen LogP contribution is -2.64. The Morgan fingerprint density at radius 1 is 1.29 bits per heavy atom. The van der Waals surface area contributed by atoms with Crippen molar-refractivity contribution in [2.75, 3.05) is 20.7 Å². The van der Waals surface area contributed by atoms with Crippen LogP contribution < -0.4 is 9.47 Å². The van der Waals surface area contributed by atoms with E-state index in [0.29, 0.717) is 12.2 Å². The summed E-state index contributed by atoms with van der Waals surface area (Å²) in [6.07, 6.45) is 4.29. The first-order valence-corrected chi connectivity index (χ1v) is 8.39. The summed E-state index contributed by atoms with van der Waals surface area (Å²) >= 11 is 0. The largest absolute Gasteiger partial charge is 0.504 e. The van der Waals surface area contributed by atoms with Gasteiger partial charge in [-0.1, -0.05) is 12.2 Å². The fourth-order valence-electron chi connectivity index (χ4n) is 5.53. The molecule has 128 valence electrons. The molecule has 0 radical (unpaired) electrons. The van der Waals surface area contributed by atoms with Crippen molar-refractivity contribution in [2.45, 2.75) is 36.5 Å². The third-order valence-electron chi connectivity index (χ3n) is 6.58. The first kappa shape index (κ1) is 14.4. The zero-order valence-corrected chi connectivity index (χ0v) is 13.7. The molecule has 0 unspecified atom stereocenters. The lowest BCUT2D eigenvalue weighted by molar-refractivity contribution is -0.0455. The van der Waals surface area contributed by atoms with Crippen LogP contribution in [0.1, 0.15) is 17.5 Å². The number of benzene rings is 1.